The molecule has 0 amide bonds. The summed E-state index contributed by atoms with van der Waals surface area (Å²) in [6, 6.07) is 0. The monoisotopic (exact) mass is 388 g/mol. The Kier molecular flexibility index (Phi) is 11.9. The van der Waals surface area contributed by atoms with Crippen LogP contribution in [-0.2, 0) is 9.47 Å². The van der Waals surface area contributed by atoms with E-state index >= 15 is 0 Å². The fourth-order valence-corrected chi connectivity index (χ4v) is 3.32. The van der Waals surface area contributed by atoms with Crippen LogP contribution in [0.1, 0.15) is 20.8 Å². The van der Waals surface area contributed by atoms with Crippen LogP contribution in [0.4, 0.5) is 0 Å². The molecule has 1 unspecified atom stereocenters. The Bertz CT molecular complexity index is 273. The van der Waals surface area contributed by atoms with Crippen molar-refractivity contribution in [1.82, 2.24) is 19.8 Å². The lowest BCUT2D eigenvalue weighted by atomic mass is 10.1. The van der Waals surface area contributed by atoms with Crippen LogP contribution in [0.2, 0.25) is 0 Å². The topological polar surface area (TPSA) is 40.2 Å². The maximum Gasteiger partial charge on any atom is 0.278 e. The number of likely N-dealkylation sites (N-methyl/N-ethyl adjacent to an activating group) is 3. The molecule has 0 heterocycles. The summed E-state index contributed by atoms with van der Waals surface area (Å²) >= 11 is 0. The van der Waals surface area contributed by atoms with Gasteiger partial charge < -0.3 is 9.47 Å². The number of nitrogens with one attached hydrogen (secondary N) is 1. The standard InChI is InChI=1S/C13H33N4O2P.BrH/c1-9-15(4)12(14-20,16(5)10-2)13(18-7,19-8)17(6)11-3;/h14H,9-11,20H2,1-8H3;1H. The third-order valence-corrected chi connectivity index (χ3v) is 4.63. The Labute approximate surface area is 143 Å². The van der Waals surface area contributed by atoms with Crippen molar-refractivity contribution >= 4 is 26.4 Å². The molecule has 0 aromatic heterocycles. The lowest BCUT2D eigenvalue weighted by molar-refractivity contribution is -0.378. The second-order valence-corrected chi connectivity index (χ2v) is 5.14. The van der Waals surface area contributed by atoms with E-state index in [2.05, 4.69) is 64.0 Å². The second-order valence-electron chi connectivity index (χ2n) is 4.85. The molecule has 8 heteroatoms. The molecule has 0 aromatic rings. The SMILES string of the molecule is Br.CCN(C)C(OC)(OC)C(NP)(N(C)CC)N(C)CC. The Morgan fingerprint density at radius 1 is 0.857 bits per heavy atom. The van der Waals surface area contributed by atoms with Crippen LogP contribution >= 0.6 is 26.4 Å². The molecule has 1 atom stereocenters. The van der Waals surface area contributed by atoms with Gasteiger partial charge in [0.2, 0.25) is 5.79 Å². The van der Waals surface area contributed by atoms with Gasteiger partial charge in [0.05, 0.1) is 0 Å². The van der Waals surface area contributed by atoms with Gasteiger partial charge in [-0.3, -0.25) is 19.8 Å². The van der Waals surface area contributed by atoms with Crippen LogP contribution in [0.25, 0.3) is 0 Å². The third-order valence-electron chi connectivity index (χ3n) is 4.23. The first kappa shape index (κ1) is 23.9. The summed E-state index contributed by atoms with van der Waals surface area (Å²) in [7, 11) is 12.1. The Morgan fingerprint density at radius 3 is 1.38 bits per heavy atom. The minimum atomic E-state index is -0.945. The largest absolute Gasteiger partial charge is 0.337 e. The van der Waals surface area contributed by atoms with Crippen molar-refractivity contribution in [3.05, 3.63) is 0 Å². The predicted octanol–water partition coefficient (Wildman–Crippen LogP) is 1.40. The molecule has 0 aliphatic heterocycles. The first-order valence-corrected chi connectivity index (χ1v) is 7.67. The van der Waals surface area contributed by atoms with Gasteiger partial charge in [-0.2, -0.15) is 0 Å². The highest BCUT2D eigenvalue weighted by molar-refractivity contribution is 8.93. The normalized spacial score (nSPS) is 13.1. The van der Waals surface area contributed by atoms with E-state index in [0.717, 1.165) is 19.6 Å². The van der Waals surface area contributed by atoms with Crippen molar-refractivity contribution < 1.29 is 9.47 Å². The number of hydrogen-bond acceptors (Lipinski definition) is 6. The molecular formula is C13H34BrN4O2P. The van der Waals surface area contributed by atoms with Crippen LogP contribution in [0.3, 0.4) is 0 Å². The van der Waals surface area contributed by atoms with Gasteiger partial charge >= 0.3 is 0 Å². The minimum Gasteiger partial charge on any atom is -0.337 e. The number of nitrogens with zero attached hydrogens (tertiary/aromatic N) is 3. The molecule has 21 heavy (non-hydrogen) atoms. The van der Waals surface area contributed by atoms with E-state index in [9.17, 15) is 0 Å². The molecule has 0 aliphatic carbocycles. The molecule has 1 N–H and O–H groups in total. The number of ether oxygens (including phenoxy) is 2. The smallest absolute Gasteiger partial charge is 0.278 e. The number of hydrogen-bond donors (Lipinski definition) is 1. The summed E-state index contributed by atoms with van der Waals surface area (Å²) in [6.07, 6.45) is 0. The molecule has 0 bridgehead atoms. The van der Waals surface area contributed by atoms with Crippen molar-refractivity contribution in [2.24, 2.45) is 0 Å². The quantitative estimate of drug-likeness (QED) is 0.450. The van der Waals surface area contributed by atoms with Gasteiger partial charge in [0, 0.05) is 20.8 Å². The van der Waals surface area contributed by atoms with Crippen molar-refractivity contribution in [3.8, 4) is 0 Å². The first-order valence-electron chi connectivity index (χ1n) is 7.10. The van der Waals surface area contributed by atoms with E-state index in [1.807, 2.05) is 7.05 Å². The van der Waals surface area contributed by atoms with Gasteiger partial charge in [-0.15, -0.1) is 17.0 Å². The van der Waals surface area contributed by atoms with Crippen molar-refractivity contribution in [1.29, 1.82) is 0 Å². The Morgan fingerprint density at radius 2 is 1.19 bits per heavy atom. The van der Waals surface area contributed by atoms with E-state index < -0.39 is 11.7 Å². The number of rotatable bonds is 10. The van der Waals surface area contributed by atoms with Crippen LogP contribution in [0.15, 0.2) is 0 Å². The van der Waals surface area contributed by atoms with E-state index in [1.165, 1.54) is 0 Å². The fraction of sp³-hybridized carbons (Fsp3) is 1.00. The maximum atomic E-state index is 5.89. The van der Waals surface area contributed by atoms with Gasteiger partial charge in [0.1, 0.15) is 0 Å². The van der Waals surface area contributed by atoms with E-state index in [0.29, 0.717) is 0 Å². The van der Waals surface area contributed by atoms with Gasteiger partial charge in [-0.25, -0.2) is 0 Å². The van der Waals surface area contributed by atoms with E-state index in [1.54, 1.807) is 14.2 Å². The lowest BCUT2D eigenvalue weighted by Gasteiger charge is -2.58. The highest BCUT2D eigenvalue weighted by Gasteiger charge is 2.59. The van der Waals surface area contributed by atoms with Crippen LogP contribution < -0.4 is 5.09 Å². The van der Waals surface area contributed by atoms with Gasteiger partial charge in [-0.05, 0) is 34.2 Å². The zero-order valence-electron chi connectivity index (χ0n) is 14.8. The summed E-state index contributed by atoms with van der Waals surface area (Å²) in [5.41, 5.74) is 0. The van der Waals surface area contributed by atoms with E-state index in [-0.39, 0.29) is 17.0 Å². The summed E-state index contributed by atoms with van der Waals surface area (Å²) in [5, 5.41) is 3.35. The molecule has 0 radical (unpaired) electrons. The average Bonchev–Trinajstić information content (AvgIpc) is 2.50. The average molecular weight is 389 g/mol. The highest BCUT2D eigenvalue weighted by atomic mass is 79.9. The Hall–Kier alpha value is 0.670. The molecule has 0 saturated heterocycles. The molecular weight excluding hydrogens is 355 g/mol. The lowest BCUT2D eigenvalue weighted by Crippen LogP contribution is -2.81. The zero-order valence-corrected chi connectivity index (χ0v) is 17.6. The molecule has 0 rings (SSSR count). The fourth-order valence-electron chi connectivity index (χ4n) is 2.70. The van der Waals surface area contributed by atoms with Crippen LogP contribution in [-0.4, -0.2) is 81.4 Å². The highest BCUT2D eigenvalue weighted by Crippen LogP contribution is 2.35. The summed E-state index contributed by atoms with van der Waals surface area (Å²) in [6.45, 7) is 8.79. The molecule has 0 saturated carbocycles. The van der Waals surface area contributed by atoms with Crippen LogP contribution in [0, 0.1) is 0 Å². The molecule has 130 valence electrons. The van der Waals surface area contributed by atoms with Crippen molar-refractivity contribution in [2.45, 2.75) is 32.5 Å². The number of halogens is 1. The predicted molar refractivity (Wildman–Crippen MR) is 97.6 cm³/mol. The second kappa shape index (κ2) is 10.4. The number of methoxy groups -OCH3 is 2. The molecule has 0 aromatic carbocycles. The summed E-state index contributed by atoms with van der Waals surface area (Å²) < 4.78 is 11.8. The maximum absolute atomic E-state index is 5.89. The molecule has 6 nitrogen and oxygen atoms in total. The zero-order chi connectivity index (χ0) is 16.0. The minimum absolute atomic E-state index is 0. The van der Waals surface area contributed by atoms with Crippen molar-refractivity contribution in [2.75, 3.05) is 55.0 Å². The Balaban J connectivity index is 0. The molecule has 0 aliphatic rings. The van der Waals surface area contributed by atoms with Gasteiger partial charge in [-0.1, -0.05) is 30.2 Å². The first-order chi connectivity index (χ1) is 9.38. The van der Waals surface area contributed by atoms with E-state index in [4.69, 9.17) is 9.47 Å². The van der Waals surface area contributed by atoms with Gasteiger partial charge in [0.15, 0.2) is 0 Å². The van der Waals surface area contributed by atoms with Crippen LogP contribution in [0.5, 0.6) is 0 Å². The van der Waals surface area contributed by atoms with Gasteiger partial charge in [0.25, 0.3) is 5.91 Å². The summed E-state index contributed by atoms with van der Waals surface area (Å²) in [5.74, 6) is -1.59. The molecule has 0 fully saturated rings. The molecule has 0 spiro atoms. The third kappa shape index (κ3) is 3.96. The van der Waals surface area contributed by atoms with Crippen molar-refractivity contribution in [3.63, 3.8) is 0 Å². The summed E-state index contributed by atoms with van der Waals surface area (Å²) in [4.78, 5) is 6.42.